The topological polar surface area (TPSA) is 46.1 Å². The summed E-state index contributed by atoms with van der Waals surface area (Å²) in [5, 5.41) is 0. The molecule has 1 saturated heterocycles. The van der Waals surface area contributed by atoms with Crippen molar-refractivity contribution in [3.63, 3.8) is 0 Å². The molecular weight excluding hydrogens is 379 g/mol. The fourth-order valence-electron chi connectivity index (χ4n) is 4.42. The van der Waals surface area contributed by atoms with Crippen LogP contribution in [0.3, 0.4) is 0 Å². The van der Waals surface area contributed by atoms with Gasteiger partial charge in [0.05, 0.1) is 23.1 Å². The predicted molar refractivity (Wildman–Crippen MR) is 103 cm³/mol. The summed E-state index contributed by atoms with van der Waals surface area (Å²) in [5.74, 6) is 0.456. The Morgan fingerprint density at radius 2 is 1.86 bits per heavy atom. The van der Waals surface area contributed by atoms with E-state index in [-0.39, 0.29) is 17.7 Å². The highest BCUT2D eigenvalue weighted by Gasteiger charge is 2.32. The van der Waals surface area contributed by atoms with Crippen molar-refractivity contribution >= 4 is 5.91 Å². The van der Waals surface area contributed by atoms with Crippen LogP contribution in [0.1, 0.15) is 55.7 Å². The number of carbonyl (C=O) groups is 1. The molecule has 2 fully saturated rings. The average molecular weight is 403 g/mol. The van der Waals surface area contributed by atoms with Crippen LogP contribution in [0.4, 0.5) is 13.2 Å². The number of carbonyl (C=O) groups excluding carboxylic acids is 1. The molecule has 1 atom stereocenters. The van der Waals surface area contributed by atoms with Gasteiger partial charge in [0.25, 0.3) is 0 Å². The largest absolute Gasteiger partial charge is 0.416 e. The summed E-state index contributed by atoms with van der Waals surface area (Å²) in [5.41, 5.74) is 0.855. The third-order valence-electron chi connectivity index (χ3n) is 5.99. The van der Waals surface area contributed by atoms with E-state index in [1.54, 1.807) is 12.3 Å². The SMILES string of the molecule is O=C(C1CCCC1)N1CCC[C@@H](c2cncc(-c3cccc(C(F)(F)F)c3)n2)C1. The summed E-state index contributed by atoms with van der Waals surface area (Å²) >= 11 is 0. The summed E-state index contributed by atoms with van der Waals surface area (Å²) < 4.78 is 39.1. The van der Waals surface area contributed by atoms with Gasteiger partial charge in [0.1, 0.15) is 0 Å². The van der Waals surface area contributed by atoms with Gasteiger partial charge in [-0.25, -0.2) is 4.98 Å². The Kier molecular flexibility index (Phi) is 5.56. The summed E-state index contributed by atoms with van der Waals surface area (Å²) in [6.07, 6.45) is 4.76. The second-order valence-corrected chi connectivity index (χ2v) is 8.01. The Labute approximate surface area is 168 Å². The predicted octanol–water partition coefficient (Wildman–Crippen LogP) is 5.06. The minimum atomic E-state index is -4.40. The van der Waals surface area contributed by atoms with E-state index in [9.17, 15) is 18.0 Å². The molecule has 0 N–H and O–H groups in total. The van der Waals surface area contributed by atoms with Gasteiger partial charge in [0.15, 0.2) is 0 Å². The first kappa shape index (κ1) is 19.9. The molecule has 0 unspecified atom stereocenters. The Bertz CT molecular complexity index is 878. The highest BCUT2D eigenvalue weighted by Crippen LogP contribution is 2.33. The second-order valence-electron chi connectivity index (χ2n) is 8.01. The molecule has 154 valence electrons. The zero-order valence-electron chi connectivity index (χ0n) is 16.2. The Morgan fingerprint density at radius 1 is 1.07 bits per heavy atom. The lowest BCUT2D eigenvalue weighted by Gasteiger charge is -2.34. The zero-order chi connectivity index (χ0) is 20.4. The Balaban J connectivity index is 1.53. The van der Waals surface area contributed by atoms with Crippen molar-refractivity contribution in [2.45, 2.75) is 50.6 Å². The molecule has 4 nitrogen and oxygen atoms in total. The molecule has 1 aliphatic carbocycles. The van der Waals surface area contributed by atoms with Crippen LogP contribution < -0.4 is 0 Å². The van der Waals surface area contributed by atoms with E-state index in [2.05, 4.69) is 9.97 Å². The van der Waals surface area contributed by atoms with Gasteiger partial charge in [-0.3, -0.25) is 9.78 Å². The third-order valence-corrected chi connectivity index (χ3v) is 5.99. The summed E-state index contributed by atoms with van der Waals surface area (Å²) in [4.78, 5) is 23.6. The van der Waals surface area contributed by atoms with Crippen molar-refractivity contribution in [1.82, 2.24) is 14.9 Å². The number of amides is 1. The number of hydrogen-bond donors (Lipinski definition) is 0. The molecule has 29 heavy (non-hydrogen) atoms. The number of benzene rings is 1. The van der Waals surface area contributed by atoms with E-state index in [4.69, 9.17) is 0 Å². The standard InChI is InChI=1S/C22H24F3N3O/c23-22(24,25)18-9-3-7-16(11-18)19-12-26-13-20(27-19)17-8-4-10-28(14-17)21(29)15-5-1-2-6-15/h3,7,9,11-13,15,17H,1-2,4-6,8,10,14H2/t17-/m1/s1. The first-order chi connectivity index (χ1) is 13.9. The zero-order valence-corrected chi connectivity index (χ0v) is 16.2. The van der Waals surface area contributed by atoms with E-state index < -0.39 is 11.7 Å². The van der Waals surface area contributed by atoms with Crippen molar-refractivity contribution in [2.75, 3.05) is 13.1 Å². The molecule has 0 bridgehead atoms. The van der Waals surface area contributed by atoms with E-state index >= 15 is 0 Å². The van der Waals surface area contributed by atoms with E-state index in [1.165, 1.54) is 12.3 Å². The molecule has 2 aromatic rings. The van der Waals surface area contributed by atoms with E-state index in [1.807, 2.05) is 4.90 Å². The molecule has 1 amide bonds. The van der Waals surface area contributed by atoms with Crippen LogP contribution in [0.2, 0.25) is 0 Å². The Morgan fingerprint density at radius 3 is 2.62 bits per heavy atom. The number of rotatable bonds is 3. The van der Waals surface area contributed by atoms with Crippen molar-refractivity contribution in [1.29, 1.82) is 0 Å². The Hall–Kier alpha value is -2.44. The van der Waals surface area contributed by atoms with Gasteiger partial charge in [-0.15, -0.1) is 0 Å². The maximum atomic E-state index is 13.0. The number of hydrogen-bond acceptors (Lipinski definition) is 3. The summed E-state index contributed by atoms with van der Waals surface area (Å²) in [7, 11) is 0. The fourth-order valence-corrected chi connectivity index (χ4v) is 4.42. The lowest BCUT2D eigenvalue weighted by atomic mass is 9.93. The van der Waals surface area contributed by atoms with Crippen LogP contribution in [0.15, 0.2) is 36.7 Å². The van der Waals surface area contributed by atoms with Crippen molar-refractivity contribution in [2.24, 2.45) is 5.92 Å². The van der Waals surface area contributed by atoms with Crippen molar-refractivity contribution in [3.05, 3.63) is 47.9 Å². The van der Waals surface area contributed by atoms with E-state index in [0.29, 0.717) is 17.8 Å². The van der Waals surface area contributed by atoms with Crippen LogP contribution in [0.5, 0.6) is 0 Å². The first-order valence-corrected chi connectivity index (χ1v) is 10.2. The number of nitrogens with zero attached hydrogens (tertiary/aromatic N) is 3. The average Bonchev–Trinajstić information content (AvgIpc) is 3.28. The van der Waals surface area contributed by atoms with Gasteiger partial charge in [0.2, 0.25) is 5.91 Å². The van der Waals surface area contributed by atoms with Crippen LogP contribution >= 0.6 is 0 Å². The highest BCUT2D eigenvalue weighted by atomic mass is 19.4. The van der Waals surface area contributed by atoms with Crippen molar-refractivity contribution in [3.8, 4) is 11.3 Å². The first-order valence-electron chi connectivity index (χ1n) is 10.2. The maximum Gasteiger partial charge on any atom is 0.416 e. The third kappa shape index (κ3) is 4.43. The quantitative estimate of drug-likeness (QED) is 0.720. The minimum Gasteiger partial charge on any atom is -0.342 e. The highest BCUT2D eigenvalue weighted by molar-refractivity contribution is 5.79. The molecule has 1 aromatic heterocycles. The lowest BCUT2D eigenvalue weighted by molar-refractivity contribution is -0.138. The number of piperidine rings is 1. The smallest absolute Gasteiger partial charge is 0.342 e. The molecule has 7 heteroatoms. The number of aromatic nitrogens is 2. The maximum absolute atomic E-state index is 13.0. The normalized spacial score (nSPS) is 20.8. The molecule has 1 aromatic carbocycles. The minimum absolute atomic E-state index is 0.0624. The monoisotopic (exact) mass is 403 g/mol. The molecule has 0 spiro atoms. The molecule has 0 radical (unpaired) electrons. The number of halogens is 3. The lowest BCUT2D eigenvalue weighted by Crippen LogP contribution is -2.42. The number of likely N-dealkylation sites (tertiary alicyclic amines) is 1. The van der Waals surface area contributed by atoms with Gasteiger partial charge in [0, 0.05) is 36.7 Å². The van der Waals surface area contributed by atoms with Crippen LogP contribution in [0, 0.1) is 5.92 Å². The molecule has 1 aliphatic heterocycles. The van der Waals surface area contributed by atoms with Gasteiger partial charge in [-0.2, -0.15) is 13.2 Å². The second kappa shape index (κ2) is 8.13. The fraction of sp³-hybridized carbons (Fsp3) is 0.500. The van der Waals surface area contributed by atoms with Gasteiger partial charge < -0.3 is 4.90 Å². The number of alkyl halides is 3. The molecule has 2 aliphatic rings. The van der Waals surface area contributed by atoms with Crippen LogP contribution in [0.25, 0.3) is 11.3 Å². The molecule has 2 heterocycles. The van der Waals surface area contributed by atoms with Gasteiger partial charge in [-0.05, 0) is 37.8 Å². The van der Waals surface area contributed by atoms with Gasteiger partial charge >= 0.3 is 6.18 Å². The molecule has 1 saturated carbocycles. The summed E-state index contributed by atoms with van der Waals surface area (Å²) in [6.45, 7) is 1.38. The van der Waals surface area contributed by atoms with E-state index in [0.717, 1.165) is 62.9 Å². The van der Waals surface area contributed by atoms with Crippen LogP contribution in [-0.2, 0) is 11.0 Å². The molecular formula is C22H24F3N3O. The van der Waals surface area contributed by atoms with Crippen molar-refractivity contribution < 1.29 is 18.0 Å². The summed E-state index contributed by atoms with van der Waals surface area (Å²) in [6, 6.07) is 5.15. The van der Waals surface area contributed by atoms with Crippen LogP contribution in [-0.4, -0.2) is 33.9 Å². The molecule has 4 rings (SSSR count). The van der Waals surface area contributed by atoms with Gasteiger partial charge in [-0.1, -0.05) is 25.0 Å².